The summed E-state index contributed by atoms with van der Waals surface area (Å²) in [5.41, 5.74) is 7.21. The Morgan fingerprint density at radius 3 is 1.47 bits per heavy atom. The summed E-state index contributed by atoms with van der Waals surface area (Å²) < 4.78 is 28.5. The molecule has 0 spiro atoms. The lowest BCUT2D eigenvalue weighted by atomic mass is 9.94. The third-order valence-electron chi connectivity index (χ3n) is 8.49. The van der Waals surface area contributed by atoms with Gasteiger partial charge in [-0.2, -0.15) is 0 Å². The highest BCUT2D eigenvalue weighted by Gasteiger charge is 2.25. The van der Waals surface area contributed by atoms with Gasteiger partial charge < -0.3 is 28.2 Å². The van der Waals surface area contributed by atoms with Gasteiger partial charge >= 0.3 is 16.5 Å². The molecule has 0 unspecified atom stereocenters. The molecule has 0 radical (unpaired) electrons. The van der Waals surface area contributed by atoms with Crippen LogP contribution < -0.4 is 16.0 Å². The number of methoxy groups -OCH3 is 2. The molecule has 0 amide bonds. The van der Waals surface area contributed by atoms with Crippen molar-refractivity contribution in [3.05, 3.63) is 135 Å². The number of benzene rings is 2. The van der Waals surface area contributed by atoms with E-state index >= 15 is 0 Å². The Kier molecular flexibility index (Phi) is 16.3. The van der Waals surface area contributed by atoms with Crippen LogP contribution in [0.5, 0.6) is 11.5 Å². The highest BCUT2D eigenvalue weighted by molar-refractivity contribution is 14.1. The maximum atomic E-state index is 13.1. The van der Waals surface area contributed by atoms with Crippen LogP contribution in [0.15, 0.2) is 91.7 Å². The average molecular weight is 1050 g/mol. The summed E-state index contributed by atoms with van der Waals surface area (Å²) in [5.74, 6) is 1.01. The lowest BCUT2D eigenvalue weighted by molar-refractivity contribution is 0.313. The van der Waals surface area contributed by atoms with E-state index in [1.807, 2.05) is 65.0 Å². The maximum Gasteiger partial charge on any atom is 0.357 e. The van der Waals surface area contributed by atoms with E-state index in [0.29, 0.717) is 45.1 Å². The molecule has 6 rings (SSSR count). The van der Waals surface area contributed by atoms with E-state index in [9.17, 15) is 14.7 Å². The number of pyridine rings is 2. The standard InChI is InChI=1S/C21H18INO4S.C19H16INO3.C2H3ClOS/c1-11-8-15(22)9-12(2)16(11)17-19(27-21(28)25-4)13(3)18(26-20(17)24)14-6-5-7-23-10-14;1-10-7-14(20)8-11(2)15(10)16-17(22)12(3)18(24-19(16)23)13-5-4-6-21-9-13;1-4-2(3)5/h5-10H,1-4H3;4-9,22H,1-3H3;1H3. The predicted molar refractivity (Wildman–Crippen MR) is 249 cm³/mol. The van der Waals surface area contributed by atoms with E-state index < -0.39 is 11.3 Å². The van der Waals surface area contributed by atoms with Crippen molar-refractivity contribution in [3.8, 4) is 56.4 Å². The molecular weight excluding hydrogens is 1010 g/mol. The Bertz CT molecular complexity index is 2520. The van der Waals surface area contributed by atoms with Crippen LogP contribution in [0.4, 0.5) is 0 Å². The molecule has 15 heteroatoms. The summed E-state index contributed by atoms with van der Waals surface area (Å²) in [6.07, 6.45) is 6.53. The van der Waals surface area contributed by atoms with Crippen LogP contribution in [-0.4, -0.2) is 39.0 Å². The summed E-state index contributed by atoms with van der Waals surface area (Å²) in [6.45, 7) is 11.3. The molecule has 2 aromatic carbocycles. The smallest absolute Gasteiger partial charge is 0.357 e. The number of rotatable bonds is 5. The predicted octanol–water partition coefficient (Wildman–Crippen LogP) is 11.0. The molecular formula is C42H37ClI2N2O8S2. The summed E-state index contributed by atoms with van der Waals surface area (Å²) in [5, 5.41) is 10.6. The zero-order valence-corrected chi connectivity index (χ0v) is 38.8. The zero-order valence-electron chi connectivity index (χ0n) is 32.1. The van der Waals surface area contributed by atoms with Gasteiger partial charge in [-0.3, -0.25) is 9.97 Å². The minimum Gasteiger partial charge on any atom is -0.507 e. The van der Waals surface area contributed by atoms with Crippen molar-refractivity contribution in [2.45, 2.75) is 41.5 Å². The summed E-state index contributed by atoms with van der Waals surface area (Å²) in [6, 6.07) is 15.1. The molecule has 0 saturated carbocycles. The first-order valence-electron chi connectivity index (χ1n) is 16.9. The third kappa shape index (κ3) is 11.0. The van der Waals surface area contributed by atoms with Crippen molar-refractivity contribution in [1.82, 2.24) is 9.97 Å². The number of hydrogen-bond donors (Lipinski definition) is 1. The van der Waals surface area contributed by atoms with Crippen molar-refractivity contribution in [1.29, 1.82) is 0 Å². The molecule has 6 aromatic rings. The van der Waals surface area contributed by atoms with E-state index in [4.69, 9.17) is 42.1 Å². The fraction of sp³-hybridized carbons (Fsp3) is 0.190. The molecule has 57 heavy (non-hydrogen) atoms. The molecule has 0 aliphatic rings. The van der Waals surface area contributed by atoms with Crippen molar-refractivity contribution >= 4 is 91.0 Å². The van der Waals surface area contributed by atoms with E-state index in [0.717, 1.165) is 40.5 Å². The van der Waals surface area contributed by atoms with E-state index in [2.05, 4.69) is 72.1 Å². The zero-order chi connectivity index (χ0) is 42.1. The summed E-state index contributed by atoms with van der Waals surface area (Å²) in [4.78, 5) is 33.9. The lowest BCUT2D eigenvalue weighted by Gasteiger charge is -2.18. The minimum atomic E-state index is -0.552. The number of aromatic hydroxyl groups is 1. The number of hydrogen-bond acceptors (Lipinski definition) is 12. The van der Waals surface area contributed by atoms with E-state index in [-0.39, 0.29) is 21.1 Å². The van der Waals surface area contributed by atoms with Crippen LogP contribution in [0.3, 0.4) is 0 Å². The third-order valence-corrected chi connectivity index (χ3v) is 10.3. The Balaban J connectivity index is 0.000000228. The highest BCUT2D eigenvalue weighted by Crippen LogP contribution is 2.40. The van der Waals surface area contributed by atoms with Gasteiger partial charge in [-0.25, -0.2) is 9.59 Å². The number of aryl methyl sites for hydroxylation is 4. The number of halogens is 3. The van der Waals surface area contributed by atoms with Gasteiger partial charge in [0, 0.05) is 66.4 Å². The molecule has 4 aromatic heterocycles. The fourth-order valence-electron chi connectivity index (χ4n) is 6.06. The Morgan fingerprint density at radius 2 is 1.09 bits per heavy atom. The van der Waals surface area contributed by atoms with Gasteiger partial charge in [-0.15, -0.1) is 0 Å². The Morgan fingerprint density at radius 1 is 0.684 bits per heavy atom. The van der Waals surface area contributed by atoms with Crippen LogP contribution in [0.25, 0.3) is 44.9 Å². The van der Waals surface area contributed by atoms with Crippen LogP contribution in [0, 0.1) is 48.7 Å². The molecule has 4 heterocycles. The molecule has 1 N–H and O–H groups in total. The quantitative estimate of drug-likeness (QED) is 0.100. The van der Waals surface area contributed by atoms with Crippen molar-refractivity contribution in [2.24, 2.45) is 0 Å². The monoisotopic (exact) mass is 1050 g/mol. The van der Waals surface area contributed by atoms with Crippen LogP contribution in [0.1, 0.15) is 33.4 Å². The number of ether oxygens (including phenoxy) is 3. The topological polar surface area (TPSA) is 134 Å². The van der Waals surface area contributed by atoms with Crippen molar-refractivity contribution < 1.29 is 28.2 Å². The molecule has 0 atom stereocenters. The SMILES string of the molecule is COC(=S)Cl.COC(=S)Oc1c(C)c(-c2cccnc2)oc(=O)c1-c1c(C)cc(I)cc1C.Cc1cc(I)cc(C)c1-c1c(O)c(C)c(-c2cccnc2)oc1=O. The van der Waals surface area contributed by atoms with E-state index in [1.165, 1.54) is 14.2 Å². The van der Waals surface area contributed by atoms with Gasteiger partial charge in [0.1, 0.15) is 28.4 Å². The Labute approximate surface area is 372 Å². The lowest BCUT2D eigenvalue weighted by Crippen LogP contribution is -2.15. The molecule has 0 aliphatic heterocycles. The van der Waals surface area contributed by atoms with Crippen molar-refractivity contribution in [3.63, 3.8) is 0 Å². The first-order valence-corrected chi connectivity index (χ1v) is 20.2. The molecule has 296 valence electrons. The maximum absolute atomic E-state index is 13.1. The van der Waals surface area contributed by atoms with Gasteiger partial charge in [0.2, 0.25) is 0 Å². The van der Waals surface area contributed by atoms with Crippen molar-refractivity contribution in [2.75, 3.05) is 14.2 Å². The van der Waals surface area contributed by atoms with Gasteiger partial charge in [-0.1, -0.05) is 0 Å². The van der Waals surface area contributed by atoms with Crippen LogP contribution in [-0.2, 0) is 9.47 Å². The summed E-state index contributed by atoms with van der Waals surface area (Å²) in [7, 11) is 2.85. The van der Waals surface area contributed by atoms with Gasteiger partial charge in [0.15, 0.2) is 5.75 Å². The largest absolute Gasteiger partial charge is 0.507 e. The molecule has 0 bridgehead atoms. The molecule has 10 nitrogen and oxygen atoms in total. The average Bonchev–Trinajstić information content (AvgIpc) is 3.17. The van der Waals surface area contributed by atoms with E-state index in [1.54, 1.807) is 49.9 Å². The molecule has 0 aliphatic carbocycles. The first-order chi connectivity index (χ1) is 27.0. The van der Waals surface area contributed by atoms with Gasteiger partial charge in [0.25, 0.3) is 4.51 Å². The fourth-order valence-corrected chi connectivity index (χ4v) is 8.01. The molecule has 0 fully saturated rings. The number of nitrogens with zero attached hydrogens (tertiary/aromatic N) is 2. The first kappa shape index (κ1) is 45.5. The second-order valence-electron chi connectivity index (χ2n) is 12.4. The highest BCUT2D eigenvalue weighted by atomic mass is 127. The summed E-state index contributed by atoms with van der Waals surface area (Å²) >= 11 is 18.8. The second-order valence-corrected chi connectivity index (χ2v) is 16.2. The number of thiocarbonyl (C=S) groups is 2. The number of aromatic nitrogens is 2. The van der Waals surface area contributed by atoms with Gasteiger partial charge in [-0.05, 0) is 192 Å². The second kappa shape index (κ2) is 20.5. The minimum absolute atomic E-state index is 0.0440. The van der Waals surface area contributed by atoms with Crippen LogP contribution >= 0.6 is 81.2 Å². The Hall–Kier alpha value is -4.23. The normalized spacial score (nSPS) is 10.4. The molecule has 0 saturated heterocycles. The van der Waals surface area contributed by atoms with Gasteiger partial charge in [0.05, 0.1) is 14.2 Å². The van der Waals surface area contributed by atoms with Crippen LogP contribution in [0.2, 0.25) is 0 Å².